The summed E-state index contributed by atoms with van der Waals surface area (Å²) in [6.07, 6.45) is 5.08. The monoisotopic (exact) mass is 342 g/mol. The van der Waals surface area contributed by atoms with Gasteiger partial charge in [-0.1, -0.05) is 0 Å². The summed E-state index contributed by atoms with van der Waals surface area (Å²) in [5, 5.41) is 13.9. The Morgan fingerprint density at radius 2 is 2.35 bits per heavy atom. The predicted octanol–water partition coefficient (Wildman–Crippen LogP) is 3.19. The Bertz CT molecular complexity index is 618. The highest BCUT2D eigenvalue weighted by molar-refractivity contribution is 9.10. The summed E-state index contributed by atoms with van der Waals surface area (Å²) in [4.78, 5) is 14.4. The third-order valence-electron chi connectivity index (χ3n) is 2.68. The average molecular weight is 343 g/mol. The second-order valence-corrected chi connectivity index (χ2v) is 5.20. The molecule has 1 heterocycles. The largest absolute Gasteiger partial charge is 0.375 e. The zero-order valence-corrected chi connectivity index (χ0v) is 12.2. The summed E-state index contributed by atoms with van der Waals surface area (Å²) in [5.74, 6) is -0.548. The smallest absolute Gasteiger partial charge is 0.293 e. The lowest BCUT2D eigenvalue weighted by Crippen LogP contribution is -2.22. The van der Waals surface area contributed by atoms with Crippen molar-refractivity contribution in [2.45, 2.75) is 19.5 Å². The molecular formula is C12H12BrFN4O2. The summed E-state index contributed by atoms with van der Waals surface area (Å²) in [7, 11) is 0. The van der Waals surface area contributed by atoms with Crippen molar-refractivity contribution in [3.63, 3.8) is 0 Å². The first-order valence-electron chi connectivity index (χ1n) is 5.83. The zero-order chi connectivity index (χ0) is 14.7. The Kier molecular flexibility index (Phi) is 4.33. The van der Waals surface area contributed by atoms with E-state index >= 15 is 0 Å². The van der Waals surface area contributed by atoms with E-state index in [9.17, 15) is 14.5 Å². The standard InChI is InChI=1S/C12H12BrFN4O2/c1-8(6-17-3-2-15-7-17)16-11-5-10(14)9(13)4-12(11)18(19)20/h2-5,7-8,16H,6H2,1H3. The molecule has 1 atom stereocenters. The van der Waals surface area contributed by atoms with Crippen molar-refractivity contribution in [2.75, 3.05) is 5.32 Å². The molecule has 0 fully saturated rings. The Morgan fingerprint density at radius 3 is 2.95 bits per heavy atom. The maximum atomic E-state index is 13.5. The lowest BCUT2D eigenvalue weighted by Gasteiger charge is -2.16. The van der Waals surface area contributed by atoms with Crippen molar-refractivity contribution >= 4 is 27.3 Å². The van der Waals surface area contributed by atoms with Crippen LogP contribution in [-0.2, 0) is 6.54 Å². The molecule has 8 heteroatoms. The van der Waals surface area contributed by atoms with E-state index in [1.54, 1.807) is 18.7 Å². The molecule has 1 aromatic carbocycles. The normalized spacial score (nSPS) is 12.2. The van der Waals surface area contributed by atoms with Gasteiger partial charge in [0.05, 0.1) is 15.7 Å². The van der Waals surface area contributed by atoms with E-state index in [2.05, 4.69) is 26.2 Å². The van der Waals surface area contributed by atoms with E-state index in [4.69, 9.17) is 0 Å². The molecule has 20 heavy (non-hydrogen) atoms. The molecule has 0 radical (unpaired) electrons. The van der Waals surface area contributed by atoms with E-state index in [0.717, 1.165) is 12.1 Å². The lowest BCUT2D eigenvalue weighted by molar-refractivity contribution is -0.384. The van der Waals surface area contributed by atoms with Gasteiger partial charge < -0.3 is 9.88 Å². The summed E-state index contributed by atoms with van der Waals surface area (Å²) >= 11 is 2.94. The van der Waals surface area contributed by atoms with Crippen molar-refractivity contribution in [2.24, 2.45) is 0 Å². The van der Waals surface area contributed by atoms with Crippen LogP contribution < -0.4 is 5.32 Å². The molecule has 1 N–H and O–H groups in total. The first-order chi connectivity index (χ1) is 9.47. The van der Waals surface area contributed by atoms with Crippen LogP contribution in [-0.4, -0.2) is 20.5 Å². The summed E-state index contributed by atoms with van der Waals surface area (Å²) in [6, 6.07) is 2.15. The minimum atomic E-state index is -0.548. The molecule has 2 rings (SSSR count). The number of rotatable bonds is 5. The van der Waals surface area contributed by atoms with Gasteiger partial charge in [0.25, 0.3) is 5.69 Å². The Balaban J connectivity index is 2.19. The Morgan fingerprint density at radius 1 is 1.60 bits per heavy atom. The van der Waals surface area contributed by atoms with Crippen LogP contribution in [0, 0.1) is 15.9 Å². The van der Waals surface area contributed by atoms with Crippen LogP contribution in [0.15, 0.2) is 35.3 Å². The van der Waals surface area contributed by atoms with Crippen LogP contribution in [0.4, 0.5) is 15.8 Å². The highest BCUT2D eigenvalue weighted by Gasteiger charge is 2.19. The second kappa shape index (κ2) is 6.00. The number of hydrogen-bond donors (Lipinski definition) is 1. The third kappa shape index (κ3) is 3.32. The van der Waals surface area contributed by atoms with Gasteiger partial charge in [-0.3, -0.25) is 10.1 Å². The molecule has 1 aromatic heterocycles. The fourth-order valence-electron chi connectivity index (χ4n) is 1.83. The molecule has 2 aromatic rings. The average Bonchev–Trinajstić information content (AvgIpc) is 2.85. The van der Waals surface area contributed by atoms with Gasteiger partial charge in [-0.15, -0.1) is 0 Å². The van der Waals surface area contributed by atoms with Gasteiger partial charge in [-0.05, 0) is 22.9 Å². The number of halogens is 2. The number of hydrogen-bond acceptors (Lipinski definition) is 4. The van der Waals surface area contributed by atoms with Crippen LogP contribution >= 0.6 is 15.9 Å². The van der Waals surface area contributed by atoms with Gasteiger partial charge in [-0.25, -0.2) is 9.37 Å². The van der Waals surface area contributed by atoms with Gasteiger partial charge in [0.2, 0.25) is 0 Å². The first-order valence-corrected chi connectivity index (χ1v) is 6.62. The van der Waals surface area contributed by atoms with E-state index in [-0.39, 0.29) is 21.9 Å². The molecule has 0 aliphatic carbocycles. The highest BCUT2D eigenvalue weighted by Crippen LogP contribution is 2.31. The Hall–Kier alpha value is -1.96. The zero-order valence-electron chi connectivity index (χ0n) is 10.6. The minimum Gasteiger partial charge on any atom is -0.375 e. The number of aromatic nitrogens is 2. The van der Waals surface area contributed by atoms with Gasteiger partial charge >= 0.3 is 0 Å². The fraction of sp³-hybridized carbons (Fsp3) is 0.250. The van der Waals surface area contributed by atoms with E-state index < -0.39 is 10.7 Å². The second-order valence-electron chi connectivity index (χ2n) is 4.35. The SMILES string of the molecule is CC(Cn1ccnc1)Nc1cc(F)c(Br)cc1[N+](=O)[O-]. The molecular weight excluding hydrogens is 331 g/mol. The van der Waals surface area contributed by atoms with Gasteiger partial charge in [0.15, 0.2) is 0 Å². The van der Waals surface area contributed by atoms with Crippen molar-refractivity contribution in [3.05, 3.63) is 51.3 Å². The summed E-state index contributed by atoms with van der Waals surface area (Å²) < 4.78 is 15.4. The molecule has 6 nitrogen and oxygen atoms in total. The van der Waals surface area contributed by atoms with Crippen LogP contribution in [0.2, 0.25) is 0 Å². The van der Waals surface area contributed by atoms with Gasteiger partial charge in [-0.2, -0.15) is 0 Å². The Labute approximate surface area is 122 Å². The molecule has 0 spiro atoms. The molecule has 0 amide bonds. The molecule has 1 unspecified atom stereocenters. The summed E-state index contributed by atoms with van der Waals surface area (Å²) in [6.45, 7) is 2.42. The quantitative estimate of drug-likeness (QED) is 0.668. The molecule has 0 saturated heterocycles. The number of imidazole rings is 1. The fourth-order valence-corrected chi connectivity index (χ4v) is 2.16. The van der Waals surface area contributed by atoms with E-state index in [0.29, 0.717) is 6.54 Å². The van der Waals surface area contributed by atoms with Gasteiger partial charge in [0, 0.05) is 37.1 Å². The minimum absolute atomic E-state index is 0.0667. The van der Waals surface area contributed by atoms with Crippen LogP contribution in [0.3, 0.4) is 0 Å². The molecule has 106 valence electrons. The lowest BCUT2D eigenvalue weighted by atomic mass is 10.2. The number of anilines is 1. The maximum Gasteiger partial charge on any atom is 0.293 e. The first kappa shape index (κ1) is 14.4. The number of nitrogens with one attached hydrogen (secondary N) is 1. The van der Waals surface area contributed by atoms with E-state index in [1.165, 1.54) is 0 Å². The summed E-state index contributed by atoms with van der Waals surface area (Å²) in [5.41, 5.74) is -0.0147. The van der Waals surface area contributed by atoms with Crippen LogP contribution in [0.5, 0.6) is 0 Å². The number of nitro benzene ring substituents is 1. The third-order valence-corrected chi connectivity index (χ3v) is 3.29. The van der Waals surface area contributed by atoms with Crippen molar-refractivity contribution < 1.29 is 9.31 Å². The number of benzene rings is 1. The maximum absolute atomic E-state index is 13.5. The van der Waals surface area contributed by atoms with E-state index in [1.807, 2.05) is 11.5 Å². The highest BCUT2D eigenvalue weighted by atomic mass is 79.9. The van der Waals surface area contributed by atoms with Crippen LogP contribution in [0.25, 0.3) is 0 Å². The molecule has 0 saturated carbocycles. The topological polar surface area (TPSA) is 73.0 Å². The van der Waals surface area contributed by atoms with Crippen molar-refractivity contribution in [1.82, 2.24) is 9.55 Å². The van der Waals surface area contributed by atoms with Gasteiger partial charge in [0.1, 0.15) is 11.5 Å². The van der Waals surface area contributed by atoms with Crippen LogP contribution in [0.1, 0.15) is 6.92 Å². The number of nitro groups is 1. The molecule has 0 aliphatic heterocycles. The van der Waals surface area contributed by atoms with Crippen molar-refractivity contribution in [3.8, 4) is 0 Å². The predicted molar refractivity (Wildman–Crippen MR) is 76.1 cm³/mol. The molecule has 0 aliphatic rings. The number of nitrogens with zero attached hydrogens (tertiary/aromatic N) is 3. The van der Waals surface area contributed by atoms with Crippen molar-refractivity contribution in [1.29, 1.82) is 0 Å². The molecule has 0 bridgehead atoms.